The first-order chi connectivity index (χ1) is 12.0. The summed E-state index contributed by atoms with van der Waals surface area (Å²) in [6.07, 6.45) is -5.83. The number of ether oxygens (including phenoxy) is 2. The number of hydrogen-bond acceptors (Lipinski definition) is 7. The van der Waals surface area contributed by atoms with E-state index in [0.717, 1.165) is 6.07 Å². The molecule has 0 aliphatic rings. The number of nitrogens with zero attached hydrogens (tertiary/aromatic N) is 1. The topological polar surface area (TPSA) is 120 Å². The molecule has 0 aliphatic heterocycles. The number of non-ortho nitro benzene ring substituents is 1. The summed E-state index contributed by atoms with van der Waals surface area (Å²) in [5, 5.41) is 14.9. The van der Waals surface area contributed by atoms with E-state index in [4.69, 9.17) is 9.47 Å². The number of halogens is 3. The number of amides is 1. The molecule has 144 valence electrons. The van der Waals surface area contributed by atoms with E-state index in [1.165, 1.54) is 26.2 Å². The van der Waals surface area contributed by atoms with Crippen molar-refractivity contribution in [3.63, 3.8) is 0 Å². The molecule has 1 atom stereocenters. The van der Waals surface area contributed by atoms with Gasteiger partial charge in [0.1, 0.15) is 5.75 Å². The monoisotopic (exact) mass is 379 g/mol. The van der Waals surface area contributed by atoms with Gasteiger partial charge in [0.05, 0.1) is 30.8 Å². The number of nitro benzene ring substituents is 1. The van der Waals surface area contributed by atoms with Crippen LogP contribution < -0.4 is 15.4 Å². The number of benzene rings is 1. The van der Waals surface area contributed by atoms with Crippen LogP contribution in [0.2, 0.25) is 0 Å². The van der Waals surface area contributed by atoms with Crippen LogP contribution in [0.1, 0.15) is 6.92 Å². The molecule has 0 heterocycles. The average molecular weight is 379 g/mol. The van der Waals surface area contributed by atoms with Gasteiger partial charge in [0, 0.05) is 12.1 Å². The van der Waals surface area contributed by atoms with Crippen molar-refractivity contribution >= 4 is 23.3 Å². The molecule has 1 aromatic carbocycles. The van der Waals surface area contributed by atoms with Crippen molar-refractivity contribution in [3.05, 3.63) is 28.3 Å². The summed E-state index contributed by atoms with van der Waals surface area (Å²) in [5.41, 5.74) is -0.327. The van der Waals surface area contributed by atoms with Gasteiger partial charge in [-0.1, -0.05) is 0 Å². The SMILES string of the molecule is COc1ccc([N+](=O)[O-])cc1NC(=O)[C@H](C)OC(=O)CNCC(F)(F)F. The smallest absolute Gasteiger partial charge is 0.401 e. The van der Waals surface area contributed by atoms with E-state index in [9.17, 15) is 32.9 Å². The molecule has 0 spiro atoms. The number of nitro groups is 1. The van der Waals surface area contributed by atoms with Crippen LogP contribution in [-0.4, -0.2) is 49.3 Å². The second-order valence-electron chi connectivity index (χ2n) is 4.98. The lowest BCUT2D eigenvalue weighted by Gasteiger charge is -2.15. The van der Waals surface area contributed by atoms with Crippen molar-refractivity contribution in [2.24, 2.45) is 0 Å². The van der Waals surface area contributed by atoms with Gasteiger partial charge < -0.3 is 14.8 Å². The summed E-state index contributed by atoms with van der Waals surface area (Å²) < 4.78 is 45.5. The van der Waals surface area contributed by atoms with E-state index in [0.29, 0.717) is 0 Å². The third kappa shape index (κ3) is 6.93. The summed E-state index contributed by atoms with van der Waals surface area (Å²) in [6.45, 7) is -0.925. The van der Waals surface area contributed by atoms with Crippen LogP contribution in [0.3, 0.4) is 0 Å². The van der Waals surface area contributed by atoms with Crippen LogP contribution in [0.25, 0.3) is 0 Å². The molecular weight excluding hydrogens is 363 g/mol. The third-order valence-corrected chi connectivity index (χ3v) is 2.92. The minimum absolute atomic E-state index is 0.0233. The van der Waals surface area contributed by atoms with Gasteiger partial charge >= 0.3 is 12.1 Å². The molecule has 1 rings (SSSR count). The van der Waals surface area contributed by atoms with E-state index in [-0.39, 0.29) is 17.1 Å². The van der Waals surface area contributed by atoms with Crippen molar-refractivity contribution in [3.8, 4) is 5.75 Å². The Kier molecular flexibility index (Phi) is 7.31. The molecule has 12 heteroatoms. The molecule has 26 heavy (non-hydrogen) atoms. The molecule has 0 aromatic heterocycles. The van der Waals surface area contributed by atoms with Crippen LogP contribution in [0.15, 0.2) is 18.2 Å². The normalized spacial score (nSPS) is 12.2. The zero-order valence-corrected chi connectivity index (χ0v) is 13.8. The maximum absolute atomic E-state index is 12.0. The van der Waals surface area contributed by atoms with E-state index in [2.05, 4.69) is 5.32 Å². The van der Waals surface area contributed by atoms with Gasteiger partial charge in [0.2, 0.25) is 0 Å². The average Bonchev–Trinajstić information content (AvgIpc) is 2.53. The molecule has 0 radical (unpaired) electrons. The zero-order chi connectivity index (χ0) is 19.9. The largest absolute Gasteiger partial charge is 0.495 e. The predicted octanol–water partition coefficient (Wildman–Crippen LogP) is 1.63. The number of nitrogens with one attached hydrogen (secondary N) is 2. The lowest BCUT2D eigenvalue weighted by Crippen LogP contribution is -2.37. The Morgan fingerprint density at radius 1 is 1.35 bits per heavy atom. The molecule has 0 aliphatic carbocycles. The minimum atomic E-state index is -4.48. The number of alkyl halides is 3. The Morgan fingerprint density at radius 2 is 2.00 bits per heavy atom. The number of hydrogen-bond donors (Lipinski definition) is 2. The van der Waals surface area contributed by atoms with E-state index in [1.54, 1.807) is 0 Å². The molecule has 0 unspecified atom stereocenters. The number of esters is 1. The summed E-state index contributed by atoms with van der Waals surface area (Å²) in [6, 6.07) is 3.49. The molecular formula is C14H16F3N3O6. The second-order valence-corrected chi connectivity index (χ2v) is 4.98. The van der Waals surface area contributed by atoms with E-state index in [1.807, 2.05) is 5.32 Å². The van der Waals surface area contributed by atoms with Crippen LogP contribution in [-0.2, 0) is 14.3 Å². The Hall–Kier alpha value is -2.89. The predicted molar refractivity (Wildman–Crippen MR) is 82.8 cm³/mol. The first kappa shape index (κ1) is 21.2. The van der Waals surface area contributed by atoms with Gasteiger partial charge in [-0.25, -0.2) is 0 Å². The zero-order valence-electron chi connectivity index (χ0n) is 13.8. The fraction of sp³-hybridized carbons (Fsp3) is 0.429. The van der Waals surface area contributed by atoms with Crippen molar-refractivity contribution < 1.29 is 37.2 Å². The molecule has 0 saturated carbocycles. The number of anilines is 1. The highest BCUT2D eigenvalue weighted by Gasteiger charge is 2.27. The highest BCUT2D eigenvalue weighted by molar-refractivity contribution is 5.96. The van der Waals surface area contributed by atoms with Crippen LogP contribution >= 0.6 is 0 Å². The third-order valence-electron chi connectivity index (χ3n) is 2.92. The Labute approximate surface area is 145 Å². The van der Waals surface area contributed by atoms with Crippen LogP contribution in [0.5, 0.6) is 5.75 Å². The standard InChI is InChI=1S/C14H16F3N3O6/c1-8(26-12(21)6-18-7-14(15,16)17)13(22)19-10-5-9(20(23)24)3-4-11(10)25-2/h3-5,8,18H,6-7H2,1-2H3,(H,19,22)/t8-/m0/s1. The van der Waals surface area contributed by atoms with Gasteiger partial charge in [-0.15, -0.1) is 0 Å². The number of carbonyl (C=O) groups excluding carboxylic acids is 2. The first-order valence-corrected chi connectivity index (χ1v) is 7.13. The van der Waals surface area contributed by atoms with Crippen LogP contribution in [0.4, 0.5) is 24.5 Å². The Morgan fingerprint density at radius 3 is 2.54 bits per heavy atom. The lowest BCUT2D eigenvalue weighted by molar-refractivity contribution is -0.384. The van der Waals surface area contributed by atoms with Gasteiger partial charge in [0.15, 0.2) is 6.10 Å². The Bertz CT molecular complexity index is 680. The van der Waals surface area contributed by atoms with Crippen molar-refractivity contribution in [1.82, 2.24) is 5.32 Å². The molecule has 0 bridgehead atoms. The minimum Gasteiger partial charge on any atom is -0.495 e. The van der Waals surface area contributed by atoms with Crippen molar-refractivity contribution in [1.29, 1.82) is 0 Å². The molecule has 1 aromatic rings. The summed E-state index contributed by atoms with van der Waals surface area (Å²) in [5.74, 6) is -1.77. The Balaban J connectivity index is 2.65. The first-order valence-electron chi connectivity index (χ1n) is 7.13. The number of methoxy groups -OCH3 is 1. The maximum atomic E-state index is 12.0. The summed E-state index contributed by atoms with van der Waals surface area (Å²) in [7, 11) is 1.28. The fourth-order valence-electron chi connectivity index (χ4n) is 1.74. The summed E-state index contributed by atoms with van der Waals surface area (Å²) in [4.78, 5) is 33.5. The quantitative estimate of drug-likeness (QED) is 0.400. The van der Waals surface area contributed by atoms with Crippen molar-refractivity contribution in [2.45, 2.75) is 19.2 Å². The van der Waals surface area contributed by atoms with Crippen LogP contribution in [0, 0.1) is 10.1 Å². The lowest BCUT2D eigenvalue weighted by atomic mass is 10.2. The molecule has 1 amide bonds. The molecule has 0 fully saturated rings. The van der Waals surface area contributed by atoms with E-state index < -0.39 is 42.2 Å². The van der Waals surface area contributed by atoms with Crippen molar-refractivity contribution in [2.75, 3.05) is 25.5 Å². The number of rotatable bonds is 8. The van der Waals surface area contributed by atoms with E-state index >= 15 is 0 Å². The van der Waals surface area contributed by atoms with Gasteiger partial charge in [-0.3, -0.25) is 25.0 Å². The molecule has 2 N–H and O–H groups in total. The van der Waals surface area contributed by atoms with Gasteiger partial charge in [-0.05, 0) is 13.0 Å². The molecule has 0 saturated heterocycles. The highest BCUT2D eigenvalue weighted by atomic mass is 19.4. The maximum Gasteiger partial charge on any atom is 0.401 e. The fourth-order valence-corrected chi connectivity index (χ4v) is 1.74. The molecule has 9 nitrogen and oxygen atoms in total. The second kappa shape index (κ2) is 8.99. The van der Waals surface area contributed by atoms with Gasteiger partial charge in [-0.2, -0.15) is 13.2 Å². The van der Waals surface area contributed by atoms with Gasteiger partial charge in [0.25, 0.3) is 11.6 Å². The summed E-state index contributed by atoms with van der Waals surface area (Å²) >= 11 is 0. The number of carbonyl (C=O) groups is 2. The highest BCUT2D eigenvalue weighted by Crippen LogP contribution is 2.29.